The van der Waals surface area contributed by atoms with Crippen LogP contribution in [0, 0.1) is 0 Å². The molecule has 11 nitrogen and oxygen atoms in total. The second-order valence-corrected chi connectivity index (χ2v) is 9.29. The standard InChI is InChI=1S/C22H25FN8O3/c1-21(2,34)11-30-14-6-17(25-10-15(14)29(3)20(30)33)27-16-5-4-13-9-26-19(31(13)28-16)22(18(24)32)7-12(23)8-22/h4-6,9-10,12,34H,7-8,11H2,1-3H3,(H2,24,32)(H,25,27,28)/i3D3. The Hall–Kier alpha value is -3.80. The third-order valence-corrected chi connectivity index (χ3v) is 6.04. The van der Waals surface area contributed by atoms with Gasteiger partial charge in [-0.05, 0) is 26.0 Å². The van der Waals surface area contributed by atoms with Crippen LogP contribution in [0.1, 0.15) is 36.6 Å². The number of alkyl halides is 1. The van der Waals surface area contributed by atoms with Gasteiger partial charge in [-0.15, -0.1) is 5.10 Å². The largest absolute Gasteiger partial charge is 0.389 e. The van der Waals surface area contributed by atoms with Gasteiger partial charge in [0, 0.05) is 30.0 Å². The van der Waals surface area contributed by atoms with E-state index in [9.17, 15) is 19.1 Å². The molecule has 0 radical (unpaired) electrons. The van der Waals surface area contributed by atoms with Crippen molar-refractivity contribution >= 4 is 34.1 Å². The molecule has 1 amide bonds. The van der Waals surface area contributed by atoms with Crippen molar-refractivity contribution in [3.63, 3.8) is 0 Å². The van der Waals surface area contributed by atoms with Gasteiger partial charge in [0.15, 0.2) is 5.82 Å². The summed E-state index contributed by atoms with van der Waals surface area (Å²) in [5.74, 6) is 0.0979. The average molecular weight is 472 g/mol. The number of hydrogen-bond acceptors (Lipinski definition) is 7. The third kappa shape index (κ3) is 3.41. The van der Waals surface area contributed by atoms with Crippen LogP contribution in [0.5, 0.6) is 0 Å². The number of nitrogens with one attached hydrogen (secondary N) is 1. The molecule has 178 valence electrons. The Morgan fingerprint density at radius 1 is 1.32 bits per heavy atom. The Labute approximate surface area is 197 Å². The number of imidazole rings is 2. The van der Waals surface area contributed by atoms with Crippen molar-refractivity contribution in [1.82, 2.24) is 28.7 Å². The maximum Gasteiger partial charge on any atom is 0.328 e. The zero-order chi connectivity index (χ0) is 26.9. The zero-order valence-corrected chi connectivity index (χ0v) is 18.5. The molecular weight excluding hydrogens is 443 g/mol. The summed E-state index contributed by atoms with van der Waals surface area (Å²) < 4.78 is 40.3. The SMILES string of the molecule is [2H]C([2H])([2H])n1c(=O)n(CC(C)(C)O)c2cc(Nc3ccc4cnc(C5(C(N)=O)CC(F)C5)n4n3)ncc21. The lowest BCUT2D eigenvalue weighted by Gasteiger charge is -2.39. The van der Waals surface area contributed by atoms with E-state index in [1.54, 1.807) is 12.1 Å². The molecule has 34 heavy (non-hydrogen) atoms. The number of nitrogens with zero attached hydrogens (tertiary/aromatic N) is 6. The van der Waals surface area contributed by atoms with Gasteiger partial charge in [0.1, 0.15) is 23.2 Å². The Balaban J connectivity index is 1.57. The molecule has 0 atom stereocenters. The predicted molar refractivity (Wildman–Crippen MR) is 123 cm³/mol. The molecule has 1 fully saturated rings. The highest BCUT2D eigenvalue weighted by Gasteiger charge is 2.54. The van der Waals surface area contributed by atoms with Gasteiger partial charge in [-0.25, -0.2) is 23.7 Å². The number of pyridine rings is 1. The smallest absolute Gasteiger partial charge is 0.328 e. The normalized spacial score (nSPS) is 22.2. The number of carbonyl (C=O) groups is 1. The molecule has 5 rings (SSSR count). The highest BCUT2D eigenvalue weighted by Crippen LogP contribution is 2.44. The Morgan fingerprint density at radius 2 is 2.09 bits per heavy atom. The fourth-order valence-electron chi connectivity index (χ4n) is 4.36. The van der Waals surface area contributed by atoms with Crippen LogP contribution in [0.3, 0.4) is 0 Å². The van der Waals surface area contributed by atoms with Crippen LogP contribution in [0.15, 0.2) is 35.4 Å². The molecule has 0 saturated heterocycles. The first-order chi connectivity index (χ1) is 17.2. The molecular formula is C22H25FN8O3. The zero-order valence-electron chi connectivity index (χ0n) is 21.5. The topological polar surface area (TPSA) is 145 Å². The summed E-state index contributed by atoms with van der Waals surface area (Å²) >= 11 is 0. The van der Waals surface area contributed by atoms with Crippen LogP contribution in [-0.4, -0.2) is 51.5 Å². The highest BCUT2D eigenvalue weighted by atomic mass is 19.1. The number of fused-ring (bicyclic) bond motifs is 2. The number of rotatable bonds is 6. The summed E-state index contributed by atoms with van der Waals surface area (Å²) in [4.78, 5) is 33.7. The predicted octanol–water partition coefficient (Wildman–Crippen LogP) is 1.15. The van der Waals surface area contributed by atoms with Gasteiger partial charge < -0.3 is 16.2 Å². The van der Waals surface area contributed by atoms with E-state index in [2.05, 4.69) is 20.4 Å². The van der Waals surface area contributed by atoms with E-state index in [4.69, 9.17) is 9.85 Å². The van der Waals surface area contributed by atoms with Crippen LogP contribution in [0.25, 0.3) is 16.6 Å². The maximum atomic E-state index is 13.7. The van der Waals surface area contributed by atoms with Crippen molar-refractivity contribution in [3.05, 3.63) is 46.9 Å². The molecule has 4 aromatic heterocycles. The number of primary amides is 1. The quantitative estimate of drug-likeness (QED) is 0.382. The summed E-state index contributed by atoms with van der Waals surface area (Å²) in [6, 6.07) is 4.82. The molecule has 0 unspecified atom stereocenters. The van der Waals surface area contributed by atoms with Crippen LogP contribution in [-0.2, 0) is 23.7 Å². The minimum absolute atomic E-state index is 0.0712. The van der Waals surface area contributed by atoms with Crippen molar-refractivity contribution in [2.45, 2.75) is 50.4 Å². The summed E-state index contributed by atoms with van der Waals surface area (Å²) in [7, 11) is 0. The fraction of sp³-hybridized carbons (Fsp3) is 0.409. The first-order valence-corrected chi connectivity index (χ1v) is 10.6. The van der Waals surface area contributed by atoms with E-state index in [1.807, 2.05) is 0 Å². The summed E-state index contributed by atoms with van der Waals surface area (Å²) in [6.07, 6.45) is 1.47. The second kappa shape index (κ2) is 7.35. The van der Waals surface area contributed by atoms with Gasteiger partial charge in [-0.2, -0.15) is 0 Å². The molecule has 0 aliphatic heterocycles. The molecule has 0 spiro atoms. The summed E-state index contributed by atoms with van der Waals surface area (Å²) in [6.45, 7) is 0.110. The van der Waals surface area contributed by atoms with Crippen molar-refractivity contribution in [2.75, 3.05) is 5.32 Å². The van der Waals surface area contributed by atoms with E-state index >= 15 is 0 Å². The van der Waals surface area contributed by atoms with Gasteiger partial charge in [0.05, 0.1) is 41.1 Å². The maximum absolute atomic E-state index is 13.7. The lowest BCUT2D eigenvalue weighted by atomic mass is 9.66. The monoisotopic (exact) mass is 471 g/mol. The number of carbonyl (C=O) groups excluding carboxylic acids is 1. The minimum Gasteiger partial charge on any atom is -0.389 e. The molecule has 12 heteroatoms. The number of anilines is 2. The Morgan fingerprint density at radius 3 is 2.74 bits per heavy atom. The molecule has 0 aromatic carbocycles. The van der Waals surface area contributed by atoms with Gasteiger partial charge in [-0.3, -0.25) is 13.9 Å². The average Bonchev–Trinajstić information content (AvgIpc) is 3.29. The van der Waals surface area contributed by atoms with E-state index in [0.717, 1.165) is 0 Å². The van der Waals surface area contributed by atoms with Crippen LogP contribution in [0.4, 0.5) is 16.0 Å². The number of aromatic nitrogens is 6. The number of aryl methyl sites for hydroxylation is 1. The number of halogens is 1. The second-order valence-electron chi connectivity index (χ2n) is 9.29. The third-order valence-electron chi connectivity index (χ3n) is 6.04. The molecule has 0 bridgehead atoms. The first kappa shape index (κ1) is 18.6. The number of aliphatic hydroxyl groups is 1. The van der Waals surface area contributed by atoms with Crippen LogP contribution >= 0.6 is 0 Å². The van der Waals surface area contributed by atoms with E-state index < -0.39 is 35.8 Å². The van der Waals surface area contributed by atoms with E-state index in [1.165, 1.54) is 41.4 Å². The van der Waals surface area contributed by atoms with E-state index in [-0.39, 0.29) is 42.1 Å². The first-order valence-electron chi connectivity index (χ1n) is 12.1. The van der Waals surface area contributed by atoms with Gasteiger partial charge in [0.2, 0.25) is 5.91 Å². The molecule has 4 N–H and O–H groups in total. The number of nitrogens with two attached hydrogens (primary N) is 1. The molecule has 1 aliphatic rings. The lowest BCUT2D eigenvalue weighted by molar-refractivity contribution is -0.129. The Kier molecular flexibility index (Phi) is 4.02. The van der Waals surface area contributed by atoms with Crippen LogP contribution < -0.4 is 16.7 Å². The lowest BCUT2D eigenvalue weighted by Crippen LogP contribution is -2.53. The van der Waals surface area contributed by atoms with Gasteiger partial charge in [-0.1, -0.05) is 0 Å². The molecule has 1 aliphatic carbocycles. The summed E-state index contributed by atoms with van der Waals surface area (Å²) in [5.41, 5.74) is 3.14. The molecule has 1 saturated carbocycles. The van der Waals surface area contributed by atoms with Crippen molar-refractivity contribution in [1.29, 1.82) is 0 Å². The van der Waals surface area contributed by atoms with Crippen LogP contribution in [0.2, 0.25) is 0 Å². The van der Waals surface area contributed by atoms with E-state index in [0.29, 0.717) is 15.9 Å². The van der Waals surface area contributed by atoms with Crippen molar-refractivity contribution in [3.8, 4) is 0 Å². The van der Waals surface area contributed by atoms with Crippen molar-refractivity contribution in [2.24, 2.45) is 12.7 Å². The molecule has 4 heterocycles. The van der Waals surface area contributed by atoms with Gasteiger partial charge in [0.25, 0.3) is 0 Å². The Bertz CT molecular complexity index is 1590. The molecule has 4 aromatic rings. The highest BCUT2D eigenvalue weighted by molar-refractivity contribution is 5.87. The van der Waals surface area contributed by atoms with Crippen molar-refractivity contribution < 1.29 is 18.4 Å². The fourth-order valence-corrected chi connectivity index (χ4v) is 4.36. The number of amides is 1. The van der Waals surface area contributed by atoms with Gasteiger partial charge >= 0.3 is 5.69 Å². The number of hydrogen-bond donors (Lipinski definition) is 3. The minimum atomic E-state index is -2.75. The summed E-state index contributed by atoms with van der Waals surface area (Å²) in [5, 5.41) is 17.8.